The molecule has 0 atom stereocenters. The summed E-state index contributed by atoms with van der Waals surface area (Å²) in [5, 5.41) is 7.21. The molecule has 19 heavy (non-hydrogen) atoms. The lowest BCUT2D eigenvalue weighted by molar-refractivity contribution is -0.116. The number of rotatable bonds is 7. The Labute approximate surface area is 112 Å². The molecule has 0 aliphatic heterocycles. The predicted molar refractivity (Wildman–Crippen MR) is 74.0 cm³/mol. The molecule has 0 bridgehead atoms. The topological polar surface area (TPSA) is 59.8 Å². The third-order valence-corrected chi connectivity index (χ3v) is 2.75. The summed E-state index contributed by atoms with van der Waals surface area (Å²) in [4.78, 5) is 16.0. The van der Waals surface area contributed by atoms with E-state index in [1.54, 1.807) is 4.68 Å². The minimum Gasteiger partial charge on any atom is -0.378 e. The van der Waals surface area contributed by atoms with Gasteiger partial charge in [-0.2, -0.15) is 5.10 Å². The molecule has 0 amide bonds. The van der Waals surface area contributed by atoms with Crippen molar-refractivity contribution in [3.8, 4) is 0 Å². The third-order valence-electron chi connectivity index (χ3n) is 2.75. The molecule has 5 heteroatoms. The first-order chi connectivity index (χ1) is 9.29. The number of para-hydroxylation sites is 1. The quantitative estimate of drug-likeness (QED) is 0.824. The number of aryl methyl sites for hydroxylation is 1. The largest absolute Gasteiger partial charge is 0.378 e. The molecule has 2 aromatic rings. The Bertz CT molecular complexity index is 521. The van der Waals surface area contributed by atoms with Crippen LogP contribution in [0.25, 0.3) is 0 Å². The molecule has 0 saturated carbocycles. The second-order valence-corrected chi connectivity index (χ2v) is 4.33. The standard InChI is InChI=1S/C14H18N4O/c1-2-8-18-14(16-11-17-18)9-13(19)10-15-12-6-4-3-5-7-12/h3-7,11,15H,2,8-10H2,1H3. The summed E-state index contributed by atoms with van der Waals surface area (Å²) in [5.74, 6) is 0.843. The van der Waals surface area contributed by atoms with Crippen LogP contribution in [0.1, 0.15) is 19.2 Å². The van der Waals surface area contributed by atoms with Crippen LogP contribution in [0, 0.1) is 0 Å². The minimum atomic E-state index is 0.106. The van der Waals surface area contributed by atoms with Crippen LogP contribution in [0.5, 0.6) is 0 Å². The number of benzene rings is 1. The Hall–Kier alpha value is -2.17. The number of hydrogen-bond donors (Lipinski definition) is 1. The molecule has 0 radical (unpaired) electrons. The number of carbonyl (C=O) groups excluding carboxylic acids is 1. The van der Waals surface area contributed by atoms with Crippen molar-refractivity contribution < 1.29 is 4.79 Å². The van der Waals surface area contributed by atoms with Gasteiger partial charge in [0.1, 0.15) is 12.2 Å². The summed E-state index contributed by atoms with van der Waals surface area (Å²) in [6, 6.07) is 9.69. The van der Waals surface area contributed by atoms with E-state index in [1.165, 1.54) is 6.33 Å². The van der Waals surface area contributed by atoms with Crippen molar-refractivity contribution in [3.63, 3.8) is 0 Å². The first-order valence-corrected chi connectivity index (χ1v) is 6.47. The van der Waals surface area contributed by atoms with Crippen LogP contribution < -0.4 is 5.32 Å². The lowest BCUT2D eigenvalue weighted by Crippen LogP contribution is -2.18. The first kappa shape index (κ1) is 13.3. The second-order valence-electron chi connectivity index (χ2n) is 4.33. The molecular formula is C14H18N4O. The minimum absolute atomic E-state index is 0.106. The van der Waals surface area contributed by atoms with E-state index in [4.69, 9.17) is 0 Å². The SMILES string of the molecule is CCCn1ncnc1CC(=O)CNc1ccccc1. The number of aromatic nitrogens is 3. The Kier molecular flexibility index (Phi) is 4.66. The third kappa shape index (κ3) is 3.91. The highest BCUT2D eigenvalue weighted by Gasteiger charge is 2.09. The summed E-state index contributed by atoms with van der Waals surface area (Å²) in [6.45, 7) is 3.18. The van der Waals surface area contributed by atoms with E-state index in [0.29, 0.717) is 13.0 Å². The van der Waals surface area contributed by atoms with Crippen LogP contribution in [0.4, 0.5) is 5.69 Å². The van der Waals surface area contributed by atoms with Crippen molar-refractivity contribution in [2.24, 2.45) is 0 Å². The van der Waals surface area contributed by atoms with Gasteiger partial charge in [0.05, 0.1) is 13.0 Å². The molecule has 0 fully saturated rings. The second kappa shape index (κ2) is 6.68. The van der Waals surface area contributed by atoms with Gasteiger partial charge in [0.25, 0.3) is 0 Å². The average Bonchev–Trinajstić information content (AvgIpc) is 2.85. The number of carbonyl (C=O) groups is 1. The van der Waals surface area contributed by atoms with Gasteiger partial charge < -0.3 is 5.32 Å². The predicted octanol–water partition coefficient (Wildman–Crippen LogP) is 1.91. The molecule has 0 spiro atoms. The van der Waals surface area contributed by atoms with E-state index in [9.17, 15) is 4.79 Å². The maximum Gasteiger partial charge on any atom is 0.159 e. The van der Waals surface area contributed by atoms with E-state index in [0.717, 1.165) is 24.5 Å². The normalized spacial score (nSPS) is 10.4. The van der Waals surface area contributed by atoms with E-state index in [2.05, 4.69) is 22.3 Å². The molecule has 0 aliphatic rings. The summed E-state index contributed by atoms with van der Waals surface area (Å²) in [5.41, 5.74) is 0.950. The maximum atomic E-state index is 11.9. The van der Waals surface area contributed by atoms with Crippen molar-refractivity contribution in [2.75, 3.05) is 11.9 Å². The van der Waals surface area contributed by atoms with Crippen LogP contribution in [-0.2, 0) is 17.8 Å². The molecule has 0 unspecified atom stereocenters. The van der Waals surface area contributed by atoms with Gasteiger partial charge in [0, 0.05) is 12.2 Å². The molecule has 0 aliphatic carbocycles. The number of Topliss-reactive ketones (excluding diaryl/α,β-unsaturated/α-hetero) is 1. The highest BCUT2D eigenvalue weighted by molar-refractivity contribution is 5.84. The number of nitrogens with zero attached hydrogens (tertiary/aromatic N) is 3. The van der Waals surface area contributed by atoms with Crippen LogP contribution in [0.2, 0.25) is 0 Å². The van der Waals surface area contributed by atoms with Crippen LogP contribution in [0.15, 0.2) is 36.7 Å². The molecule has 1 heterocycles. The van der Waals surface area contributed by atoms with Gasteiger partial charge in [-0.1, -0.05) is 25.1 Å². The Balaban J connectivity index is 1.85. The fraction of sp³-hybridized carbons (Fsp3) is 0.357. The van der Waals surface area contributed by atoms with Gasteiger partial charge in [-0.15, -0.1) is 0 Å². The summed E-state index contributed by atoms with van der Waals surface area (Å²) in [7, 11) is 0. The fourth-order valence-corrected chi connectivity index (χ4v) is 1.82. The highest BCUT2D eigenvalue weighted by atomic mass is 16.1. The molecule has 1 aromatic heterocycles. The first-order valence-electron chi connectivity index (χ1n) is 6.47. The van der Waals surface area contributed by atoms with Crippen molar-refractivity contribution in [1.29, 1.82) is 0 Å². The van der Waals surface area contributed by atoms with Gasteiger partial charge in [0.2, 0.25) is 0 Å². The van der Waals surface area contributed by atoms with Crippen molar-refractivity contribution in [2.45, 2.75) is 26.3 Å². The Morgan fingerprint density at radius 2 is 2.11 bits per heavy atom. The highest BCUT2D eigenvalue weighted by Crippen LogP contribution is 2.05. The zero-order chi connectivity index (χ0) is 13.5. The maximum absolute atomic E-state index is 11.9. The van der Waals surface area contributed by atoms with E-state index >= 15 is 0 Å². The molecule has 1 aromatic carbocycles. The van der Waals surface area contributed by atoms with Crippen LogP contribution in [-0.4, -0.2) is 27.1 Å². The van der Waals surface area contributed by atoms with Gasteiger partial charge in [0.15, 0.2) is 5.78 Å². The number of anilines is 1. The van der Waals surface area contributed by atoms with E-state index in [-0.39, 0.29) is 5.78 Å². The van der Waals surface area contributed by atoms with Crippen molar-refractivity contribution in [3.05, 3.63) is 42.5 Å². The Morgan fingerprint density at radius 3 is 2.84 bits per heavy atom. The number of nitrogens with one attached hydrogen (secondary N) is 1. The molecular weight excluding hydrogens is 240 g/mol. The summed E-state index contributed by atoms with van der Waals surface area (Å²) >= 11 is 0. The molecule has 5 nitrogen and oxygen atoms in total. The molecule has 0 saturated heterocycles. The summed E-state index contributed by atoms with van der Waals surface area (Å²) in [6.07, 6.45) is 2.80. The average molecular weight is 258 g/mol. The molecule has 100 valence electrons. The molecule has 1 N–H and O–H groups in total. The van der Waals surface area contributed by atoms with Crippen LogP contribution >= 0.6 is 0 Å². The van der Waals surface area contributed by atoms with Crippen LogP contribution in [0.3, 0.4) is 0 Å². The van der Waals surface area contributed by atoms with Gasteiger partial charge in [-0.3, -0.25) is 4.79 Å². The summed E-state index contributed by atoms with van der Waals surface area (Å²) < 4.78 is 1.79. The zero-order valence-electron chi connectivity index (χ0n) is 11.0. The molecule has 2 rings (SSSR count). The Morgan fingerprint density at radius 1 is 1.32 bits per heavy atom. The van der Waals surface area contributed by atoms with Gasteiger partial charge in [-0.05, 0) is 18.6 Å². The van der Waals surface area contributed by atoms with E-state index in [1.807, 2.05) is 30.3 Å². The monoisotopic (exact) mass is 258 g/mol. The lowest BCUT2D eigenvalue weighted by atomic mass is 10.2. The smallest absolute Gasteiger partial charge is 0.159 e. The van der Waals surface area contributed by atoms with Gasteiger partial charge >= 0.3 is 0 Å². The fourth-order valence-electron chi connectivity index (χ4n) is 1.82. The number of ketones is 1. The number of hydrogen-bond acceptors (Lipinski definition) is 4. The van der Waals surface area contributed by atoms with Crippen molar-refractivity contribution >= 4 is 11.5 Å². The lowest BCUT2D eigenvalue weighted by Gasteiger charge is -2.06. The van der Waals surface area contributed by atoms with Crippen molar-refractivity contribution in [1.82, 2.24) is 14.8 Å². The van der Waals surface area contributed by atoms with E-state index < -0.39 is 0 Å². The van der Waals surface area contributed by atoms with Gasteiger partial charge in [-0.25, -0.2) is 9.67 Å². The zero-order valence-corrected chi connectivity index (χ0v) is 11.0.